The second-order valence-electron chi connectivity index (χ2n) is 10.7. The smallest absolute Gasteiger partial charge is 0.244 e. The fraction of sp³-hybridized carbons (Fsp3) is 0.444. The maximum atomic E-state index is 14.1. The molecular formula is C27H32F2N6O3S2. The fourth-order valence-corrected chi connectivity index (χ4v) is 7.83. The van der Waals surface area contributed by atoms with Crippen LogP contribution >= 0.6 is 11.3 Å². The van der Waals surface area contributed by atoms with E-state index >= 15 is 0 Å². The van der Waals surface area contributed by atoms with Gasteiger partial charge in [-0.3, -0.25) is 4.79 Å². The van der Waals surface area contributed by atoms with E-state index < -0.39 is 33.0 Å². The van der Waals surface area contributed by atoms with Crippen molar-refractivity contribution in [3.05, 3.63) is 58.6 Å². The molecule has 0 radical (unpaired) electrons. The van der Waals surface area contributed by atoms with Gasteiger partial charge in [0.25, 0.3) is 0 Å². The Morgan fingerprint density at radius 2 is 1.73 bits per heavy atom. The highest BCUT2D eigenvalue weighted by Crippen LogP contribution is 2.31. The average Bonchev–Trinajstić information content (AvgIpc) is 3.28. The first kappa shape index (κ1) is 28.4. The molecule has 1 aromatic carbocycles. The molecule has 5 rings (SSSR count). The number of thiazole rings is 1. The Kier molecular flexibility index (Phi) is 8.07. The van der Waals surface area contributed by atoms with Crippen molar-refractivity contribution in [2.24, 2.45) is 11.8 Å². The molecule has 2 saturated heterocycles. The van der Waals surface area contributed by atoms with Crippen molar-refractivity contribution in [2.45, 2.75) is 44.0 Å². The topological polar surface area (TPSA) is 122 Å². The predicted molar refractivity (Wildman–Crippen MR) is 151 cm³/mol. The number of nitrogen functional groups attached to an aromatic ring is 1. The Morgan fingerprint density at radius 3 is 2.33 bits per heavy atom. The molecule has 2 aliphatic rings. The van der Waals surface area contributed by atoms with Gasteiger partial charge in [-0.05, 0) is 55.4 Å². The largest absolute Gasteiger partial charge is 0.382 e. The first-order chi connectivity index (χ1) is 19.0. The van der Waals surface area contributed by atoms with Crippen molar-refractivity contribution in [3.63, 3.8) is 0 Å². The molecule has 2 aliphatic heterocycles. The number of nitrogens with two attached hydrogens (primary N) is 1. The zero-order valence-electron chi connectivity index (χ0n) is 22.3. The molecule has 214 valence electrons. The Morgan fingerprint density at radius 1 is 1.07 bits per heavy atom. The second kappa shape index (κ2) is 11.4. The van der Waals surface area contributed by atoms with Crippen molar-refractivity contribution >= 4 is 43.9 Å². The number of halogens is 2. The van der Waals surface area contributed by atoms with E-state index in [1.165, 1.54) is 23.0 Å². The predicted octanol–water partition coefficient (Wildman–Crippen LogP) is 4.38. The number of nitrogens with zero attached hydrogens (tertiary/aromatic N) is 4. The van der Waals surface area contributed by atoms with Gasteiger partial charge >= 0.3 is 0 Å². The highest BCUT2D eigenvalue weighted by Gasteiger charge is 2.31. The Labute approximate surface area is 236 Å². The van der Waals surface area contributed by atoms with Crippen molar-refractivity contribution < 1.29 is 22.0 Å². The minimum atomic E-state index is -3.70. The van der Waals surface area contributed by atoms with E-state index in [4.69, 9.17) is 5.73 Å². The number of aromatic nitrogens is 2. The molecule has 2 aromatic heterocycles. The van der Waals surface area contributed by atoms with Gasteiger partial charge in [-0.25, -0.2) is 27.2 Å². The minimum Gasteiger partial charge on any atom is -0.382 e. The number of benzene rings is 1. The summed E-state index contributed by atoms with van der Waals surface area (Å²) in [6.45, 7) is 6.82. The third kappa shape index (κ3) is 5.81. The summed E-state index contributed by atoms with van der Waals surface area (Å²) in [5, 5.41) is 3.52. The number of sulfonamides is 1. The number of carbonyl (C=O) groups excluding carboxylic acids is 1. The summed E-state index contributed by atoms with van der Waals surface area (Å²) in [7, 11) is -3.70. The van der Waals surface area contributed by atoms with Crippen LogP contribution in [0.25, 0.3) is 0 Å². The second-order valence-corrected chi connectivity index (χ2v) is 13.6. The highest BCUT2D eigenvalue weighted by molar-refractivity contribution is 7.89. The number of piperidine rings is 2. The zero-order valence-corrected chi connectivity index (χ0v) is 23.9. The minimum absolute atomic E-state index is 0.0593. The summed E-state index contributed by atoms with van der Waals surface area (Å²) in [5.41, 5.74) is 5.22. The van der Waals surface area contributed by atoms with Gasteiger partial charge in [0.1, 0.15) is 33.0 Å². The Hall–Kier alpha value is -3.16. The first-order valence-corrected chi connectivity index (χ1v) is 15.5. The molecule has 0 saturated carbocycles. The lowest BCUT2D eigenvalue weighted by Crippen LogP contribution is -2.42. The molecule has 0 bridgehead atoms. The van der Waals surface area contributed by atoms with E-state index in [0.29, 0.717) is 29.8 Å². The quantitative estimate of drug-likeness (QED) is 0.389. The third-order valence-corrected chi connectivity index (χ3v) is 10.3. The van der Waals surface area contributed by atoms with Gasteiger partial charge in [0, 0.05) is 38.4 Å². The lowest BCUT2D eigenvalue weighted by Gasteiger charge is -2.36. The molecule has 2 unspecified atom stereocenters. The summed E-state index contributed by atoms with van der Waals surface area (Å²) in [4.78, 5) is 23.7. The van der Waals surface area contributed by atoms with Crippen molar-refractivity contribution in [2.75, 3.05) is 42.1 Å². The van der Waals surface area contributed by atoms with E-state index in [1.54, 1.807) is 12.1 Å². The molecule has 3 aromatic rings. The van der Waals surface area contributed by atoms with Crippen LogP contribution in [0.5, 0.6) is 0 Å². The zero-order chi connectivity index (χ0) is 28.6. The van der Waals surface area contributed by atoms with Crippen molar-refractivity contribution in [1.29, 1.82) is 0 Å². The van der Waals surface area contributed by atoms with Gasteiger partial charge in [-0.1, -0.05) is 31.3 Å². The third-order valence-electron chi connectivity index (χ3n) is 7.38. The van der Waals surface area contributed by atoms with E-state index in [9.17, 15) is 22.0 Å². The van der Waals surface area contributed by atoms with Crippen LogP contribution in [-0.4, -0.2) is 60.7 Å². The maximum Gasteiger partial charge on any atom is 0.244 e. The molecule has 0 amide bonds. The molecular weight excluding hydrogens is 558 g/mol. The molecule has 9 nitrogen and oxygen atoms in total. The van der Waals surface area contributed by atoms with Crippen molar-refractivity contribution in [3.8, 4) is 0 Å². The lowest BCUT2D eigenvalue weighted by atomic mass is 9.92. The van der Waals surface area contributed by atoms with E-state index in [-0.39, 0.29) is 34.7 Å². The molecule has 2 atom stereocenters. The first-order valence-electron chi connectivity index (χ1n) is 13.3. The monoisotopic (exact) mass is 590 g/mol. The molecule has 3 N–H and O–H groups in total. The van der Waals surface area contributed by atoms with Gasteiger partial charge < -0.3 is 16.0 Å². The van der Waals surface area contributed by atoms with E-state index in [1.807, 2.05) is 0 Å². The number of rotatable bonds is 7. The number of anilines is 3. The average molecular weight is 591 g/mol. The number of carbonyl (C=O) groups is 1. The number of hydrogen-bond acceptors (Lipinski definition) is 9. The summed E-state index contributed by atoms with van der Waals surface area (Å²) >= 11 is 0.916. The molecule has 0 aliphatic carbocycles. The van der Waals surface area contributed by atoms with Gasteiger partial charge in [0.2, 0.25) is 15.8 Å². The number of hydrogen-bond donors (Lipinski definition) is 2. The van der Waals surface area contributed by atoms with Gasteiger partial charge in [0.05, 0.1) is 5.56 Å². The number of pyridine rings is 1. The van der Waals surface area contributed by atoms with Crippen LogP contribution < -0.4 is 16.0 Å². The molecule has 4 heterocycles. The normalized spacial score (nSPS) is 20.9. The molecule has 0 spiro atoms. The summed E-state index contributed by atoms with van der Waals surface area (Å²) in [6.07, 6.45) is 3.61. The van der Waals surface area contributed by atoms with Crippen LogP contribution in [0.4, 0.5) is 25.5 Å². The number of nitrogens with one attached hydrogen (secondary N) is 1. The van der Waals surface area contributed by atoms with Gasteiger partial charge in [-0.2, -0.15) is 4.31 Å². The van der Waals surface area contributed by atoms with Gasteiger partial charge in [0.15, 0.2) is 5.13 Å². The van der Waals surface area contributed by atoms with E-state index in [2.05, 4.69) is 34.0 Å². The summed E-state index contributed by atoms with van der Waals surface area (Å²) in [6, 6.07) is 6.49. The highest BCUT2D eigenvalue weighted by atomic mass is 32.2. The van der Waals surface area contributed by atoms with Crippen LogP contribution in [0, 0.1) is 23.5 Å². The maximum absolute atomic E-state index is 14.1. The summed E-state index contributed by atoms with van der Waals surface area (Å²) in [5.74, 6) is -1.02. The fourth-order valence-electron chi connectivity index (χ4n) is 5.51. The van der Waals surface area contributed by atoms with Crippen LogP contribution in [0.2, 0.25) is 0 Å². The standard InChI is InChI=1S/C27H32F2N6O3S2/c1-16-12-17(2)15-34(14-16)22-7-6-19(13-31-22)40(37,38)35-10-8-18(9-11-35)32-27-33-26(30)25(39-27)24(36)23-20(28)4-3-5-21(23)29/h3-7,13,16-18H,8-12,14-15,30H2,1-2H3,(H,32,33). The lowest BCUT2D eigenvalue weighted by molar-refractivity contribution is 0.103. The van der Waals surface area contributed by atoms with Crippen LogP contribution in [0.15, 0.2) is 41.4 Å². The van der Waals surface area contributed by atoms with Crippen molar-refractivity contribution in [1.82, 2.24) is 14.3 Å². The summed E-state index contributed by atoms with van der Waals surface area (Å²) < 4.78 is 56.2. The SMILES string of the molecule is CC1CC(C)CN(c2ccc(S(=O)(=O)N3CCC(Nc4nc(N)c(C(=O)c5c(F)cccc5F)s4)CC3)cn2)C1. The molecule has 40 heavy (non-hydrogen) atoms. The Balaban J connectivity index is 1.20. The van der Waals surface area contributed by atoms with Crippen LogP contribution in [0.1, 0.15) is 48.3 Å². The van der Waals surface area contributed by atoms with E-state index in [0.717, 1.165) is 42.4 Å². The van der Waals surface area contributed by atoms with Gasteiger partial charge in [-0.15, -0.1) is 0 Å². The molecule has 2 fully saturated rings. The molecule has 13 heteroatoms. The Bertz CT molecular complexity index is 1460. The van der Waals surface area contributed by atoms with Crippen LogP contribution in [0.3, 0.4) is 0 Å². The van der Waals surface area contributed by atoms with Crippen LogP contribution in [-0.2, 0) is 10.0 Å². The number of ketones is 1.